The summed E-state index contributed by atoms with van der Waals surface area (Å²) in [6.07, 6.45) is 3.60. The van der Waals surface area contributed by atoms with Gasteiger partial charge in [-0.25, -0.2) is 9.66 Å². The van der Waals surface area contributed by atoms with Gasteiger partial charge in [0.15, 0.2) is 0 Å². The van der Waals surface area contributed by atoms with Crippen molar-refractivity contribution < 1.29 is 0 Å². The summed E-state index contributed by atoms with van der Waals surface area (Å²) in [5.74, 6) is 0.381. The Morgan fingerprint density at radius 2 is 2.00 bits per heavy atom. The second-order valence-electron chi connectivity index (χ2n) is 3.95. The van der Waals surface area contributed by atoms with Crippen molar-refractivity contribution in [1.29, 1.82) is 0 Å². The minimum absolute atomic E-state index is 0.381. The lowest BCUT2D eigenvalue weighted by Gasteiger charge is -1.93. The smallest absolute Gasteiger partial charge is 0.221 e. The summed E-state index contributed by atoms with van der Waals surface area (Å²) in [6.45, 7) is 0. The number of hydrogen-bond acceptors (Lipinski definition) is 4. The molecule has 0 spiro atoms. The molecular formula is C14H12N4S. The van der Waals surface area contributed by atoms with Crippen LogP contribution >= 0.6 is 11.3 Å². The monoisotopic (exact) mass is 268 g/mol. The molecule has 94 valence electrons. The van der Waals surface area contributed by atoms with E-state index in [1.807, 2.05) is 54.0 Å². The van der Waals surface area contributed by atoms with Gasteiger partial charge in [0.1, 0.15) is 0 Å². The minimum atomic E-state index is 0.381. The molecule has 3 aromatic rings. The van der Waals surface area contributed by atoms with Crippen LogP contribution in [0, 0.1) is 0 Å². The van der Waals surface area contributed by atoms with Gasteiger partial charge < -0.3 is 5.73 Å². The molecule has 19 heavy (non-hydrogen) atoms. The van der Waals surface area contributed by atoms with Crippen LogP contribution in [0.2, 0.25) is 0 Å². The number of thiophene rings is 1. The summed E-state index contributed by atoms with van der Waals surface area (Å²) >= 11 is 1.63. The van der Waals surface area contributed by atoms with Crippen LogP contribution in [0.1, 0.15) is 4.88 Å². The van der Waals surface area contributed by atoms with E-state index in [0.717, 1.165) is 16.1 Å². The topological polar surface area (TPSA) is 56.2 Å². The summed E-state index contributed by atoms with van der Waals surface area (Å²) in [5.41, 5.74) is 7.71. The van der Waals surface area contributed by atoms with E-state index in [0.29, 0.717) is 5.95 Å². The van der Waals surface area contributed by atoms with Gasteiger partial charge >= 0.3 is 0 Å². The molecule has 0 unspecified atom stereocenters. The van der Waals surface area contributed by atoms with Gasteiger partial charge in [-0.15, -0.1) is 11.3 Å². The van der Waals surface area contributed by atoms with Crippen molar-refractivity contribution in [3.8, 4) is 11.3 Å². The Balaban J connectivity index is 1.90. The Hall–Kier alpha value is -2.40. The lowest BCUT2D eigenvalue weighted by molar-refractivity contribution is 0.898. The van der Waals surface area contributed by atoms with Crippen molar-refractivity contribution >= 4 is 23.5 Å². The van der Waals surface area contributed by atoms with E-state index >= 15 is 0 Å². The molecule has 5 heteroatoms. The predicted octanol–water partition coefficient (Wildman–Crippen LogP) is 3.08. The van der Waals surface area contributed by atoms with Crippen molar-refractivity contribution in [2.45, 2.75) is 0 Å². The number of hydrogen-bond donors (Lipinski definition) is 1. The molecule has 0 amide bonds. The highest BCUT2D eigenvalue weighted by atomic mass is 32.1. The lowest BCUT2D eigenvalue weighted by atomic mass is 10.2. The first-order chi connectivity index (χ1) is 9.33. The third kappa shape index (κ3) is 2.56. The fourth-order valence-electron chi connectivity index (χ4n) is 1.71. The average molecular weight is 268 g/mol. The average Bonchev–Trinajstić information content (AvgIpc) is 3.07. The molecule has 2 N–H and O–H groups in total. The first kappa shape index (κ1) is 11.7. The van der Waals surface area contributed by atoms with E-state index in [2.05, 4.69) is 10.1 Å². The maximum absolute atomic E-state index is 5.86. The molecule has 0 aliphatic heterocycles. The number of nitrogens with two attached hydrogens (primary N) is 1. The fourth-order valence-corrected chi connectivity index (χ4v) is 2.29. The first-order valence-electron chi connectivity index (χ1n) is 5.81. The molecular weight excluding hydrogens is 256 g/mol. The number of aromatic nitrogens is 2. The largest absolute Gasteiger partial charge is 0.368 e. The number of nitrogen functional groups attached to an aromatic ring is 1. The molecule has 1 aromatic carbocycles. The molecule has 0 fully saturated rings. The zero-order valence-corrected chi connectivity index (χ0v) is 10.9. The second-order valence-corrected chi connectivity index (χ2v) is 4.93. The summed E-state index contributed by atoms with van der Waals surface area (Å²) in [4.78, 5) is 5.39. The van der Waals surface area contributed by atoms with Crippen molar-refractivity contribution in [3.63, 3.8) is 0 Å². The van der Waals surface area contributed by atoms with Crippen LogP contribution in [0.4, 0.5) is 5.95 Å². The Bertz CT molecular complexity index is 684. The zero-order valence-electron chi connectivity index (χ0n) is 10.1. The van der Waals surface area contributed by atoms with Crippen LogP contribution in [0.15, 0.2) is 59.1 Å². The Morgan fingerprint density at radius 3 is 2.74 bits per heavy atom. The van der Waals surface area contributed by atoms with Crippen LogP contribution < -0.4 is 5.73 Å². The predicted molar refractivity (Wildman–Crippen MR) is 79.4 cm³/mol. The highest BCUT2D eigenvalue weighted by molar-refractivity contribution is 7.11. The number of nitrogens with zero attached hydrogens (tertiary/aromatic N) is 3. The minimum Gasteiger partial charge on any atom is -0.368 e. The molecule has 2 heterocycles. The number of imidazole rings is 1. The van der Waals surface area contributed by atoms with Gasteiger partial charge in [-0.05, 0) is 11.4 Å². The lowest BCUT2D eigenvalue weighted by Crippen LogP contribution is -1.96. The SMILES string of the molecule is Nc1nc(-c2ccccc2)cn1/N=C/c1cccs1. The fraction of sp³-hybridized carbons (Fsp3) is 0. The van der Waals surface area contributed by atoms with Gasteiger partial charge in [0.05, 0.1) is 18.1 Å². The Morgan fingerprint density at radius 1 is 1.16 bits per heavy atom. The normalized spacial score (nSPS) is 11.2. The van der Waals surface area contributed by atoms with E-state index in [9.17, 15) is 0 Å². The van der Waals surface area contributed by atoms with Crippen molar-refractivity contribution in [2.24, 2.45) is 5.10 Å². The second kappa shape index (κ2) is 5.07. The zero-order chi connectivity index (χ0) is 13.1. The van der Waals surface area contributed by atoms with E-state index in [1.165, 1.54) is 0 Å². The molecule has 0 aliphatic carbocycles. The first-order valence-corrected chi connectivity index (χ1v) is 6.69. The van der Waals surface area contributed by atoms with E-state index < -0.39 is 0 Å². The van der Waals surface area contributed by atoms with E-state index in [-0.39, 0.29) is 0 Å². The molecule has 0 aliphatic rings. The summed E-state index contributed by atoms with van der Waals surface area (Å²) < 4.78 is 1.59. The highest BCUT2D eigenvalue weighted by Crippen LogP contribution is 2.19. The Labute approximate surface area is 114 Å². The van der Waals surface area contributed by atoms with Crippen LogP contribution in [-0.2, 0) is 0 Å². The summed E-state index contributed by atoms with van der Waals surface area (Å²) in [7, 11) is 0. The summed E-state index contributed by atoms with van der Waals surface area (Å²) in [5, 5.41) is 6.32. The van der Waals surface area contributed by atoms with Crippen LogP contribution in [0.5, 0.6) is 0 Å². The molecule has 2 aromatic heterocycles. The van der Waals surface area contributed by atoms with Gasteiger partial charge in [-0.1, -0.05) is 36.4 Å². The molecule has 0 radical (unpaired) electrons. The molecule has 4 nitrogen and oxygen atoms in total. The maximum atomic E-state index is 5.86. The third-order valence-electron chi connectivity index (χ3n) is 2.64. The third-order valence-corrected chi connectivity index (χ3v) is 3.44. The van der Waals surface area contributed by atoms with Gasteiger partial charge in [0.25, 0.3) is 0 Å². The number of benzene rings is 1. The molecule has 0 saturated carbocycles. The Kier molecular flexibility index (Phi) is 3.12. The van der Waals surface area contributed by atoms with Crippen molar-refractivity contribution in [2.75, 3.05) is 5.73 Å². The highest BCUT2D eigenvalue weighted by Gasteiger charge is 2.05. The maximum Gasteiger partial charge on any atom is 0.221 e. The quantitative estimate of drug-likeness (QED) is 0.742. The van der Waals surface area contributed by atoms with Gasteiger partial charge in [-0.3, -0.25) is 0 Å². The van der Waals surface area contributed by atoms with Gasteiger partial charge in [0, 0.05) is 10.4 Å². The van der Waals surface area contributed by atoms with E-state index in [1.54, 1.807) is 22.2 Å². The number of anilines is 1. The molecule has 0 saturated heterocycles. The summed E-state index contributed by atoms with van der Waals surface area (Å²) in [6, 6.07) is 13.9. The molecule has 3 rings (SSSR count). The van der Waals surface area contributed by atoms with Crippen molar-refractivity contribution in [1.82, 2.24) is 9.66 Å². The van der Waals surface area contributed by atoms with Gasteiger partial charge in [-0.2, -0.15) is 5.10 Å². The van der Waals surface area contributed by atoms with Crippen LogP contribution in [0.3, 0.4) is 0 Å². The van der Waals surface area contributed by atoms with Gasteiger partial charge in [0.2, 0.25) is 5.95 Å². The van der Waals surface area contributed by atoms with Crippen LogP contribution in [-0.4, -0.2) is 15.9 Å². The standard InChI is InChI=1S/C14H12N4S/c15-14-17-13(11-5-2-1-3-6-11)10-18(14)16-9-12-7-4-8-19-12/h1-10H,(H2,15,17)/b16-9+. The van der Waals surface area contributed by atoms with E-state index in [4.69, 9.17) is 5.73 Å². The molecule has 0 atom stereocenters. The number of rotatable bonds is 3. The molecule has 0 bridgehead atoms. The van der Waals surface area contributed by atoms with Crippen molar-refractivity contribution in [3.05, 3.63) is 58.9 Å². The van der Waals surface area contributed by atoms with Crippen LogP contribution in [0.25, 0.3) is 11.3 Å².